The van der Waals surface area contributed by atoms with Crippen molar-refractivity contribution >= 4 is 17.6 Å². The second-order valence-corrected chi connectivity index (χ2v) is 11.7. The SMILES string of the molecule is O=C(CCC(F)(F)F)NC(c1ccn2cc(C(NC(=O)c3cnn(CCC(F)(F)F)c3)C3CCC(F)(F)CC3)nc2n1)C1CC1. The van der Waals surface area contributed by atoms with Crippen LogP contribution in [0.25, 0.3) is 5.78 Å². The number of aromatic nitrogens is 5. The second kappa shape index (κ2) is 12.5. The summed E-state index contributed by atoms with van der Waals surface area (Å²) in [5.74, 6) is -4.55. The van der Waals surface area contributed by atoms with E-state index >= 15 is 0 Å². The van der Waals surface area contributed by atoms with Gasteiger partial charge >= 0.3 is 12.4 Å². The van der Waals surface area contributed by atoms with Gasteiger partial charge in [0.1, 0.15) is 0 Å². The molecule has 3 aromatic rings. The smallest absolute Gasteiger partial charge is 0.347 e. The molecule has 2 N–H and O–H groups in total. The van der Waals surface area contributed by atoms with E-state index in [1.165, 1.54) is 6.20 Å². The van der Waals surface area contributed by atoms with Crippen LogP contribution in [0.3, 0.4) is 0 Å². The number of carbonyl (C=O) groups is 2. The first kappa shape index (κ1) is 32.6. The fourth-order valence-corrected chi connectivity index (χ4v) is 5.49. The molecule has 0 bridgehead atoms. The number of alkyl halides is 8. The van der Waals surface area contributed by atoms with Gasteiger partial charge in [0, 0.05) is 44.4 Å². The van der Waals surface area contributed by atoms with Crippen molar-refractivity contribution < 1.29 is 44.7 Å². The van der Waals surface area contributed by atoms with E-state index < -0.39 is 86.7 Å². The number of hydrogen-bond donors (Lipinski definition) is 2. The Hall–Kier alpha value is -3.79. The number of hydrogen-bond acceptors (Lipinski definition) is 5. The van der Waals surface area contributed by atoms with E-state index in [9.17, 15) is 44.7 Å². The first-order chi connectivity index (χ1) is 21.1. The van der Waals surface area contributed by atoms with E-state index in [4.69, 9.17) is 0 Å². The third-order valence-corrected chi connectivity index (χ3v) is 8.09. The highest BCUT2D eigenvalue weighted by molar-refractivity contribution is 5.94. The highest BCUT2D eigenvalue weighted by Crippen LogP contribution is 2.42. The molecule has 0 spiro atoms. The Balaban J connectivity index is 1.36. The number of amides is 2. The molecule has 17 heteroatoms. The molecule has 2 aliphatic carbocycles. The summed E-state index contributed by atoms with van der Waals surface area (Å²) in [5, 5.41) is 9.26. The number of imidazole rings is 1. The molecule has 5 rings (SSSR count). The van der Waals surface area contributed by atoms with Crippen LogP contribution in [0.2, 0.25) is 0 Å². The van der Waals surface area contributed by atoms with Crippen LogP contribution in [0.5, 0.6) is 0 Å². The van der Waals surface area contributed by atoms with Gasteiger partial charge in [0.05, 0.1) is 48.1 Å². The molecule has 2 fully saturated rings. The third kappa shape index (κ3) is 8.90. The summed E-state index contributed by atoms with van der Waals surface area (Å²) in [5.41, 5.74) is 0.692. The predicted molar refractivity (Wildman–Crippen MR) is 142 cm³/mol. The van der Waals surface area contributed by atoms with Crippen molar-refractivity contribution in [2.75, 3.05) is 0 Å². The molecule has 2 unspecified atom stereocenters. The highest BCUT2D eigenvalue weighted by Gasteiger charge is 2.40. The number of nitrogens with zero attached hydrogens (tertiary/aromatic N) is 5. The maximum atomic E-state index is 14.0. The molecule has 45 heavy (non-hydrogen) atoms. The maximum absolute atomic E-state index is 14.0. The molecule has 246 valence electrons. The molecule has 2 aliphatic rings. The fraction of sp³-hybridized carbons (Fsp3) is 0.607. The lowest BCUT2D eigenvalue weighted by atomic mass is 9.81. The minimum atomic E-state index is -4.47. The van der Waals surface area contributed by atoms with Crippen molar-refractivity contribution in [3.63, 3.8) is 0 Å². The van der Waals surface area contributed by atoms with Gasteiger partial charge in [-0.3, -0.25) is 18.7 Å². The topological polar surface area (TPSA) is 106 Å². The Kier molecular flexibility index (Phi) is 9.08. The van der Waals surface area contributed by atoms with E-state index in [0.717, 1.165) is 23.7 Å². The van der Waals surface area contributed by atoms with Crippen LogP contribution < -0.4 is 10.6 Å². The lowest BCUT2D eigenvalue weighted by Gasteiger charge is -2.33. The van der Waals surface area contributed by atoms with E-state index in [-0.39, 0.29) is 30.1 Å². The second-order valence-electron chi connectivity index (χ2n) is 11.7. The third-order valence-electron chi connectivity index (χ3n) is 8.09. The Labute approximate surface area is 251 Å². The summed E-state index contributed by atoms with van der Waals surface area (Å²) in [4.78, 5) is 34.5. The molecule has 9 nitrogen and oxygen atoms in total. The summed E-state index contributed by atoms with van der Waals surface area (Å²) in [6, 6.07) is 0.134. The Morgan fingerprint density at radius 3 is 2.16 bits per heavy atom. The van der Waals surface area contributed by atoms with Gasteiger partial charge in [-0.15, -0.1) is 0 Å². The Bertz CT molecular complexity index is 1500. The number of nitrogens with one attached hydrogen (secondary N) is 2. The van der Waals surface area contributed by atoms with Gasteiger partial charge in [-0.25, -0.2) is 18.7 Å². The van der Waals surface area contributed by atoms with Gasteiger partial charge in [-0.05, 0) is 43.6 Å². The average molecular weight is 650 g/mol. The van der Waals surface area contributed by atoms with Crippen LogP contribution in [0.1, 0.15) is 91.6 Å². The first-order valence-electron chi connectivity index (χ1n) is 14.5. The minimum absolute atomic E-state index is 0.00258. The van der Waals surface area contributed by atoms with E-state index in [1.807, 2.05) is 0 Å². The summed E-state index contributed by atoms with van der Waals surface area (Å²) < 4.78 is 106. The van der Waals surface area contributed by atoms with Gasteiger partial charge in [-0.1, -0.05) is 0 Å². The molecule has 0 radical (unpaired) electrons. The molecule has 2 saturated carbocycles. The zero-order valence-electron chi connectivity index (χ0n) is 23.8. The van der Waals surface area contributed by atoms with Crippen molar-refractivity contribution in [1.82, 2.24) is 34.8 Å². The Morgan fingerprint density at radius 2 is 1.51 bits per heavy atom. The fourth-order valence-electron chi connectivity index (χ4n) is 5.49. The van der Waals surface area contributed by atoms with Crippen molar-refractivity contribution in [3.05, 3.63) is 47.8 Å². The summed E-state index contributed by atoms with van der Waals surface area (Å²) in [7, 11) is 0. The monoisotopic (exact) mass is 649 g/mol. The van der Waals surface area contributed by atoms with Crippen LogP contribution in [0, 0.1) is 11.8 Å². The van der Waals surface area contributed by atoms with Crippen LogP contribution >= 0.6 is 0 Å². The molecule has 3 heterocycles. The molecule has 0 saturated heterocycles. The number of fused-ring (bicyclic) bond motifs is 1. The van der Waals surface area contributed by atoms with Crippen molar-refractivity contribution in [3.8, 4) is 0 Å². The first-order valence-corrected chi connectivity index (χ1v) is 14.5. The standard InChI is InChI=1S/C28H31F8N7O2/c29-26(30)7-3-17(4-8-26)23(41-24(45)18-13-37-43(14-18)12-10-28(34,35)36)20-15-42-11-6-19(38-25(42)39-20)22(16-1-2-16)40-21(44)5-9-27(31,32)33/h6,11,13-17,22-23H,1-5,7-10,12H2,(H,40,44)(H,41,45). The van der Waals surface area contributed by atoms with Crippen molar-refractivity contribution in [1.29, 1.82) is 0 Å². The summed E-state index contributed by atoms with van der Waals surface area (Å²) in [6.07, 6.45) is -5.65. The normalized spacial score (nSPS) is 18.9. The maximum Gasteiger partial charge on any atom is 0.390 e. The quantitative estimate of drug-likeness (QED) is 0.245. The van der Waals surface area contributed by atoms with Crippen molar-refractivity contribution in [2.24, 2.45) is 11.8 Å². The van der Waals surface area contributed by atoms with Crippen LogP contribution in [0.4, 0.5) is 35.1 Å². The summed E-state index contributed by atoms with van der Waals surface area (Å²) in [6.45, 7) is -0.483. The molecule has 0 aliphatic heterocycles. The van der Waals surface area contributed by atoms with E-state index in [2.05, 4.69) is 25.7 Å². The molecule has 0 aromatic carbocycles. The molecular weight excluding hydrogens is 618 g/mol. The number of carbonyl (C=O) groups excluding carboxylic acids is 2. The lowest BCUT2D eigenvalue weighted by molar-refractivity contribution is -0.144. The largest absolute Gasteiger partial charge is 0.390 e. The number of aryl methyl sites for hydroxylation is 1. The van der Waals surface area contributed by atoms with E-state index in [1.54, 1.807) is 22.9 Å². The molecule has 3 aromatic heterocycles. The molecule has 2 atom stereocenters. The van der Waals surface area contributed by atoms with E-state index in [0.29, 0.717) is 11.4 Å². The lowest BCUT2D eigenvalue weighted by Crippen LogP contribution is -2.37. The number of halogens is 8. The highest BCUT2D eigenvalue weighted by atomic mass is 19.4. The Morgan fingerprint density at radius 1 is 0.889 bits per heavy atom. The minimum Gasteiger partial charge on any atom is -0.347 e. The van der Waals surface area contributed by atoms with Crippen LogP contribution in [0.15, 0.2) is 30.9 Å². The zero-order chi connectivity index (χ0) is 32.6. The van der Waals surface area contributed by atoms with Gasteiger partial charge in [-0.2, -0.15) is 31.4 Å². The summed E-state index contributed by atoms with van der Waals surface area (Å²) >= 11 is 0. The van der Waals surface area contributed by atoms with Gasteiger partial charge in [0.15, 0.2) is 0 Å². The molecule has 2 amide bonds. The van der Waals surface area contributed by atoms with Crippen LogP contribution in [-0.4, -0.2) is 54.2 Å². The van der Waals surface area contributed by atoms with Crippen LogP contribution in [-0.2, 0) is 11.3 Å². The van der Waals surface area contributed by atoms with Crippen molar-refractivity contribution in [2.45, 2.75) is 94.7 Å². The van der Waals surface area contributed by atoms with Gasteiger partial charge in [0.25, 0.3) is 5.91 Å². The number of rotatable bonds is 11. The van der Waals surface area contributed by atoms with Gasteiger partial charge < -0.3 is 10.6 Å². The van der Waals surface area contributed by atoms with Gasteiger partial charge in [0.2, 0.25) is 17.6 Å². The average Bonchev–Trinajstić information content (AvgIpc) is 3.52. The predicted octanol–water partition coefficient (Wildman–Crippen LogP) is 6.08. The molecular formula is C28H31F8N7O2. The zero-order valence-corrected chi connectivity index (χ0v) is 23.8.